The fourth-order valence-electron chi connectivity index (χ4n) is 2.16. The van der Waals surface area contributed by atoms with Gasteiger partial charge in [0.05, 0.1) is 39.6 Å². The third-order valence-corrected chi connectivity index (χ3v) is 3.07. The highest BCUT2D eigenvalue weighted by Gasteiger charge is 2.43. The summed E-state index contributed by atoms with van der Waals surface area (Å²) in [5.74, 6) is 0. The Labute approximate surface area is 124 Å². The van der Waals surface area contributed by atoms with Gasteiger partial charge in [0.15, 0.2) is 0 Å². The van der Waals surface area contributed by atoms with Crippen molar-refractivity contribution in [2.24, 2.45) is 0 Å². The first-order valence-electron chi connectivity index (χ1n) is 7.12. The third kappa shape index (κ3) is 6.13. The zero-order chi connectivity index (χ0) is 15.5. The van der Waals surface area contributed by atoms with Crippen molar-refractivity contribution in [3.63, 3.8) is 0 Å². The van der Waals surface area contributed by atoms with Gasteiger partial charge >= 0.3 is 0 Å². The first-order valence-corrected chi connectivity index (χ1v) is 7.12. The van der Waals surface area contributed by atoms with Crippen LogP contribution in [0.5, 0.6) is 0 Å². The summed E-state index contributed by atoms with van der Waals surface area (Å²) in [6.45, 7) is 2.89. The largest absolute Gasteiger partial charge is 0.394 e. The van der Waals surface area contributed by atoms with Gasteiger partial charge in [0.25, 0.3) is 0 Å². The summed E-state index contributed by atoms with van der Waals surface area (Å²) in [7, 11) is 1.58. The second-order valence-corrected chi connectivity index (χ2v) is 4.46. The molecule has 1 fully saturated rings. The van der Waals surface area contributed by atoms with Crippen LogP contribution in [0.1, 0.15) is 6.92 Å². The maximum Gasteiger partial charge on any atom is 0.115 e. The Morgan fingerprint density at radius 3 is 2.57 bits per heavy atom. The molecule has 4 atom stereocenters. The van der Waals surface area contributed by atoms with Crippen molar-refractivity contribution in [2.45, 2.75) is 31.3 Å². The summed E-state index contributed by atoms with van der Waals surface area (Å²) in [4.78, 5) is 9.91. The average molecular weight is 310 g/mol. The summed E-state index contributed by atoms with van der Waals surface area (Å²) in [6, 6.07) is 0. The first kappa shape index (κ1) is 18.7. The van der Waals surface area contributed by atoms with Crippen LogP contribution >= 0.6 is 0 Å². The van der Waals surface area contributed by atoms with E-state index in [1.807, 2.05) is 6.92 Å². The maximum atomic E-state index is 8.91. The molecule has 1 aliphatic heterocycles. The molecule has 4 unspecified atom stereocenters. The second-order valence-electron chi connectivity index (χ2n) is 4.46. The van der Waals surface area contributed by atoms with E-state index in [2.05, 4.69) is 0 Å². The Morgan fingerprint density at radius 1 is 1.19 bits per heavy atom. The van der Waals surface area contributed by atoms with E-state index in [1.54, 1.807) is 7.11 Å². The minimum absolute atomic E-state index is 0.0860. The molecular weight excluding hydrogens is 284 g/mol. The predicted molar refractivity (Wildman–Crippen MR) is 71.8 cm³/mol. The molecule has 0 bridgehead atoms. The van der Waals surface area contributed by atoms with E-state index in [4.69, 9.17) is 38.9 Å². The molecule has 0 spiro atoms. The zero-order valence-corrected chi connectivity index (χ0v) is 12.6. The standard InChI is InChI=1S/C13H26O8/c1-3-20-21-9-11(17-6-4-14)13-12(18-7-5-15)10(16-2)8-19-13/h10-15H,3-9H2,1-2H3. The molecule has 1 heterocycles. The van der Waals surface area contributed by atoms with Crippen molar-refractivity contribution in [3.8, 4) is 0 Å². The number of hydrogen-bond acceptors (Lipinski definition) is 8. The Hall–Kier alpha value is -0.320. The molecule has 8 nitrogen and oxygen atoms in total. The van der Waals surface area contributed by atoms with Crippen LogP contribution in [0.3, 0.4) is 0 Å². The van der Waals surface area contributed by atoms with E-state index in [0.717, 1.165) is 0 Å². The number of aliphatic hydroxyl groups is 2. The van der Waals surface area contributed by atoms with Crippen LogP contribution < -0.4 is 0 Å². The summed E-state index contributed by atoms with van der Waals surface area (Å²) in [5.41, 5.74) is 0. The third-order valence-electron chi connectivity index (χ3n) is 3.07. The highest BCUT2D eigenvalue weighted by molar-refractivity contribution is 4.91. The van der Waals surface area contributed by atoms with Gasteiger partial charge in [0.2, 0.25) is 0 Å². The van der Waals surface area contributed by atoms with Crippen LogP contribution in [0.25, 0.3) is 0 Å². The highest BCUT2D eigenvalue weighted by Crippen LogP contribution is 2.24. The smallest absolute Gasteiger partial charge is 0.115 e. The van der Waals surface area contributed by atoms with Gasteiger partial charge < -0.3 is 29.2 Å². The molecule has 2 N–H and O–H groups in total. The number of hydrogen-bond donors (Lipinski definition) is 2. The predicted octanol–water partition coefficient (Wildman–Crippen LogP) is -0.877. The number of methoxy groups -OCH3 is 1. The van der Waals surface area contributed by atoms with Gasteiger partial charge in [0, 0.05) is 7.11 Å². The number of ether oxygens (including phenoxy) is 4. The summed E-state index contributed by atoms with van der Waals surface area (Å²) in [6.07, 6.45) is -1.51. The minimum atomic E-state index is -0.465. The topological polar surface area (TPSA) is 95.8 Å². The van der Waals surface area contributed by atoms with Gasteiger partial charge in [0.1, 0.15) is 31.0 Å². The molecule has 0 amide bonds. The lowest BCUT2D eigenvalue weighted by molar-refractivity contribution is -0.311. The summed E-state index contributed by atoms with van der Waals surface area (Å²) >= 11 is 0. The van der Waals surface area contributed by atoms with Crippen molar-refractivity contribution in [1.29, 1.82) is 0 Å². The van der Waals surface area contributed by atoms with E-state index >= 15 is 0 Å². The monoisotopic (exact) mass is 310 g/mol. The first-order chi connectivity index (χ1) is 10.3. The van der Waals surface area contributed by atoms with Crippen LogP contribution in [-0.4, -0.2) is 88.0 Å². The van der Waals surface area contributed by atoms with Crippen molar-refractivity contribution in [2.75, 3.05) is 53.4 Å². The Bertz CT molecular complexity index is 252. The normalized spacial score (nSPS) is 27.1. The molecule has 0 aromatic heterocycles. The van der Waals surface area contributed by atoms with Gasteiger partial charge in [-0.2, -0.15) is 0 Å². The molecule has 0 aromatic rings. The van der Waals surface area contributed by atoms with Crippen LogP contribution in [0, 0.1) is 0 Å². The molecule has 1 rings (SSSR count). The summed E-state index contributed by atoms with van der Waals surface area (Å²) in [5, 5.41) is 17.8. The molecule has 0 aliphatic carbocycles. The van der Waals surface area contributed by atoms with Crippen LogP contribution in [0.4, 0.5) is 0 Å². The van der Waals surface area contributed by atoms with Crippen LogP contribution in [0.2, 0.25) is 0 Å². The zero-order valence-electron chi connectivity index (χ0n) is 12.6. The molecule has 1 saturated heterocycles. The Balaban J connectivity index is 2.62. The van der Waals surface area contributed by atoms with E-state index in [0.29, 0.717) is 13.2 Å². The highest BCUT2D eigenvalue weighted by atomic mass is 17.2. The second kappa shape index (κ2) is 11.3. The fourth-order valence-corrected chi connectivity index (χ4v) is 2.16. The maximum absolute atomic E-state index is 8.91. The van der Waals surface area contributed by atoms with Gasteiger partial charge in [-0.1, -0.05) is 0 Å². The summed E-state index contributed by atoms with van der Waals surface area (Å²) < 4.78 is 22.1. The van der Waals surface area contributed by atoms with Gasteiger partial charge in [-0.3, -0.25) is 0 Å². The molecule has 0 saturated carbocycles. The minimum Gasteiger partial charge on any atom is -0.394 e. The van der Waals surface area contributed by atoms with E-state index < -0.39 is 12.2 Å². The van der Waals surface area contributed by atoms with Crippen LogP contribution in [0.15, 0.2) is 0 Å². The van der Waals surface area contributed by atoms with E-state index in [-0.39, 0.29) is 45.2 Å². The van der Waals surface area contributed by atoms with Gasteiger partial charge in [-0.15, -0.1) is 0 Å². The molecule has 1 aliphatic rings. The van der Waals surface area contributed by atoms with Crippen molar-refractivity contribution >= 4 is 0 Å². The lowest BCUT2D eigenvalue weighted by Crippen LogP contribution is -2.45. The van der Waals surface area contributed by atoms with E-state index in [9.17, 15) is 0 Å². The van der Waals surface area contributed by atoms with Gasteiger partial charge in [-0.05, 0) is 6.92 Å². The van der Waals surface area contributed by atoms with Crippen molar-refractivity contribution in [3.05, 3.63) is 0 Å². The SMILES string of the molecule is CCOOCC(OCCO)C1OCC(OC)C1OCCO. The molecule has 21 heavy (non-hydrogen) atoms. The Kier molecular flexibility index (Phi) is 10.1. The molecule has 0 aromatic carbocycles. The van der Waals surface area contributed by atoms with E-state index in [1.165, 1.54) is 0 Å². The molecular formula is C13H26O8. The lowest BCUT2D eigenvalue weighted by atomic mass is 10.1. The average Bonchev–Trinajstić information content (AvgIpc) is 2.91. The van der Waals surface area contributed by atoms with Gasteiger partial charge in [-0.25, -0.2) is 9.78 Å². The van der Waals surface area contributed by atoms with Crippen molar-refractivity contribution < 1.29 is 38.9 Å². The Morgan fingerprint density at radius 2 is 1.95 bits per heavy atom. The number of rotatable bonds is 12. The van der Waals surface area contributed by atoms with Crippen LogP contribution in [-0.2, 0) is 28.7 Å². The molecule has 0 radical (unpaired) electrons. The fraction of sp³-hybridized carbons (Fsp3) is 1.00. The lowest BCUT2D eigenvalue weighted by Gasteiger charge is -2.28. The van der Waals surface area contributed by atoms with Crippen molar-refractivity contribution in [1.82, 2.24) is 0 Å². The molecule has 126 valence electrons. The molecule has 8 heteroatoms. The quantitative estimate of drug-likeness (QED) is 0.273. The number of aliphatic hydroxyl groups excluding tert-OH is 2.